The van der Waals surface area contributed by atoms with E-state index in [2.05, 4.69) is 17.6 Å². The highest BCUT2D eigenvalue weighted by molar-refractivity contribution is 7.80. The number of hydrogen-bond donors (Lipinski definition) is 2. The van der Waals surface area contributed by atoms with Crippen LogP contribution in [0.4, 0.5) is 0 Å². The SMILES string of the molecule is CCCCCCCCCCCCOC(=O)CC1C(=O)NCCN1C(=S)NC(=O)c1ccc(OCCOCC)cc1. The van der Waals surface area contributed by atoms with Gasteiger partial charge in [-0.05, 0) is 49.8 Å². The predicted octanol–water partition coefficient (Wildman–Crippen LogP) is 4.77. The second kappa shape index (κ2) is 20.2. The molecule has 0 spiro atoms. The number of thiocarbonyl (C=S) groups is 1. The minimum atomic E-state index is -0.831. The lowest BCUT2D eigenvalue weighted by Crippen LogP contribution is -2.60. The van der Waals surface area contributed by atoms with Crippen LogP contribution in [0.1, 0.15) is 94.8 Å². The van der Waals surface area contributed by atoms with Crippen molar-refractivity contribution in [2.45, 2.75) is 90.5 Å². The average Bonchev–Trinajstić information content (AvgIpc) is 2.95. The van der Waals surface area contributed by atoms with Gasteiger partial charge in [0.2, 0.25) is 5.91 Å². The molecule has 0 aromatic heterocycles. The lowest BCUT2D eigenvalue weighted by molar-refractivity contribution is -0.147. The standard InChI is InChI=1S/C30H47N3O6S/c1-3-5-6-7-8-9-10-11-12-13-20-39-27(34)23-26-29(36)31-18-19-33(26)30(40)32-28(35)24-14-16-25(17-15-24)38-22-21-37-4-2/h14-17,26H,3-13,18-23H2,1-2H3,(H,31,36)(H,32,35,40). The molecule has 0 aliphatic carbocycles. The van der Waals surface area contributed by atoms with Gasteiger partial charge in [0.1, 0.15) is 18.4 Å². The maximum Gasteiger partial charge on any atom is 0.308 e. The summed E-state index contributed by atoms with van der Waals surface area (Å²) in [4.78, 5) is 39.4. The molecular weight excluding hydrogens is 530 g/mol. The Balaban J connectivity index is 1.72. The van der Waals surface area contributed by atoms with E-state index in [0.29, 0.717) is 50.8 Å². The number of unbranched alkanes of at least 4 members (excludes halogenated alkanes) is 9. The maximum absolute atomic E-state index is 12.8. The van der Waals surface area contributed by atoms with Crippen LogP contribution in [-0.2, 0) is 19.1 Å². The van der Waals surface area contributed by atoms with Crippen molar-refractivity contribution in [1.29, 1.82) is 0 Å². The number of nitrogens with zero attached hydrogens (tertiary/aromatic N) is 1. The van der Waals surface area contributed by atoms with Crippen LogP contribution in [0, 0.1) is 0 Å². The molecule has 2 amide bonds. The highest BCUT2D eigenvalue weighted by Gasteiger charge is 2.34. The van der Waals surface area contributed by atoms with E-state index in [-0.39, 0.29) is 17.4 Å². The summed E-state index contributed by atoms with van der Waals surface area (Å²) in [6, 6.07) is 5.85. The number of carbonyl (C=O) groups is 3. The monoisotopic (exact) mass is 577 g/mol. The number of hydrogen-bond acceptors (Lipinski definition) is 7. The Morgan fingerprint density at radius 1 is 0.950 bits per heavy atom. The topological polar surface area (TPSA) is 106 Å². The highest BCUT2D eigenvalue weighted by Crippen LogP contribution is 2.15. The molecule has 1 aromatic carbocycles. The number of esters is 1. The molecule has 1 saturated heterocycles. The van der Waals surface area contributed by atoms with Crippen LogP contribution < -0.4 is 15.4 Å². The van der Waals surface area contributed by atoms with E-state index >= 15 is 0 Å². The van der Waals surface area contributed by atoms with Crippen molar-refractivity contribution in [2.24, 2.45) is 0 Å². The van der Waals surface area contributed by atoms with Gasteiger partial charge in [-0.2, -0.15) is 0 Å². The van der Waals surface area contributed by atoms with Gasteiger partial charge in [0.25, 0.3) is 5.91 Å². The Hall–Kier alpha value is -2.72. The normalized spacial score (nSPS) is 14.9. The Kier molecular flexibility index (Phi) is 16.9. The minimum Gasteiger partial charge on any atom is -0.491 e. The van der Waals surface area contributed by atoms with E-state index in [1.165, 1.54) is 44.9 Å². The molecule has 2 rings (SSSR count). The summed E-state index contributed by atoms with van der Waals surface area (Å²) in [5, 5.41) is 5.55. The summed E-state index contributed by atoms with van der Waals surface area (Å²) < 4.78 is 16.2. The largest absolute Gasteiger partial charge is 0.491 e. The van der Waals surface area contributed by atoms with Crippen LogP contribution in [0.15, 0.2) is 24.3 Å². The first-order valence-electron chi connectivity index (χ1n) is 14.8. The molecule has 0 saturated carbocycles. The van der Waals surface area contributed by atoms with Gasteiger partial charge in [0, 0.05) is 25.3 Å². The summed E-state index contributed by atoms with van der Waals surface area (Å²) in [6.07, 6.45) is 11.9. The fourth-order valence-electron chi connectivity index (χ4n) is 4.46. The van der Waals surface area contributed by atoms with Crippen molar-refractivity contribution in [3.8, 4) is 5.75 Å². The molecule has 0 bridgehead atoms. The van der Waals surface area contributed by atoms with E-state index in [1.54, 1.807) is 29.2 Å². The van der Waals surface area contributed by atoms with Crippen molar-refractivity contribution in [1.82, 2.24) is 15.5 Å². The fraction of sp³-hybridized carbons (Fsp3) is 0.667. The number of ether oxygens (including phenoxy) is 3. The smallest absolute Gasteiger partial charge is 0.308 e. The second-order valence-electron chi connectivity index (χ2n) is 9.94. The minimum absolute atomic E-state index is 0.101. The van der Waals surface area contributed by atoms with E-state index in [4.69, 9.17) is 26.4 Å². The molecule has 2 N–H and O–H groups in total. The van der Waals surface area contributed by atoms with Crippen molar-refractivity contribution in [3.63, 3.8) is 0 Å². The quantitative estimate of drug-likeness (QED) is 0.138. The number of carbonyl (C=O) groups excluding carboxylic acids is 3. The first-order valence-corrected chi connectivity index (χ1v) is 15.2. The van der Waals surface area contributed by atoms with Crippen molar-refractivity contribution < 1.29 is 28.6 Å². The van der Waals surface area contributed by atoms with Crippen LogP contribution in [0.3, 0.4) is 0 Å². The molecule has 1 unspecified atom stereocenters. The molecule has 1 aliphatic heterocycles. The summed E-state index contributed by atoms with van der Waals surface area (Å²) in [5.41, 5.74) is 0.397. The number of amides is 2. The van der Waals surface area contributed by atoms with Gasteiger partial charge in [0.15, 0.2) is 5.11 Å². The summed E-state index contributed by atoms with van der Waals surface area (Å²) in [6.45, 7) is 6.78. The van der Waals surface area contributed by atoms with Crippen LogP contribution in [0.2, 0.25) is 0 Å². The van der Waals surface area contributed by atoms with E-state index in [1.807, 2.05) is 6.92 Å². The third-order valence-corrected chi connectivity index (χ3v) is 7.09. The third-order valence-electron chi connectivity index (χ3n) is 6.75. The molecule has 1 atom stereocenters. The zero-order chi connectivity index (χ0) is 29.0. The van der Waals surface area contributed by atoms with E-state index in [9.17, 15) is 14.4 Å². The van der Waals surface area contributed by atoms with Crippen molar-refractivity contribution >= 4 is 35.1 Å². The average molecular weight is 578 g/mol. The number of piperazine rings is 1. The second-order valence-corrected chi connectivity index (χ2v) is 10.3. The van der Waals surface area contributed by atoms with Gasteiger partial charge < -0.3 is 24.4 Å². The zero-order valence-corrected chi connectivity index (χ0v) is 25.0. The summed E-state index contributed by atoms with van der Waals surface area (Å²) >= 11 is 5.45. The van der Waals surface area contributed by atoms with Crippen LogP contribution >= 0.6 is 12.2 Å². The summed E-state index contributed by atoms with van der Waals surface area (Å²) in [7, 11) is 0. The first kappa shape index (κ1) is 33.5. The molecule has 1 aliphatic rings. The molecule has 10 heteroatoms. The van der Waals surface area contributed by atoms with Gasteiger partial charge >= 0.3 is 5.97 Å². The molecule has 40 heavy (non-hydrogen) atoms. The van der Waals surface area contributed by atoms with E-state index in [0.717, 1.165) is 19.3 Å². The molecule has 1 fully saturated rings. The molecule has 1 aromatic rings. The molecule has 0 radical (unpaired) electrons. The molecule has 224 valence electrons. The Morgan fingerprint density at radius 3 is 2.25 bits per heavy atom. The number of nitrogens with one attached hydrogen (secondary N) is 2. The summed E-state index contributed by atoms with van der Waals surface area (Å²) in [5.74, 6) is -0.536. The van der Waals surface area contributed by atoms with Gasteiger partial charge in [-0.3, -0.25) is 19.7 Å². The third kappa shape index (κ3) is 13.1. The number of benzene rings is 1. The van der Waals surface area contributed by atoms with Gasteiger partial charge in [-0.25, -0.2) is 0 Å². The lowest BCUT2D eigenvalue weighted by Gasteiger charge is -2.36. The fourth-order valence-corrected chi connectivity index (χ4v) is 4.77. The van der Waals surface area contributed by atoms with Gasteiger partial charge in [-0.15, -0.1) is 0 Å². The number of rotatable bonds is 19. The van der Waals surface area contributed by atoms with Crippen molar-refractivity contribution in [2.75, 3.05) is 39.5 Å². The predicted molar refractivity (Wildman–Crippen MR) is 159 cm³/mol. The van der Waals surface area contributed by atoms with Crippen LogP contribution in [0.5, 0.6) is 5.75 Å². The first-order chi connectivity index (χ1) is 19.5. The van der Waals surface area contributed by atoms with Crippen LogP contribution in [-0.4, -0.2) is 73.4 Å². The Bertz CT molecular complexity index is 911. The van der Waals surface area contributed by atoms with Crippen molar-refractivity contribution in [3.05, 3.63) is 29.8 Å². The van der Waals surface area contributed by atoms with E-state index < -0.39 is 17.9 Å². The molecular formula is C30H47N3O6S. The van der Waals surface area contributed by atoms with Crippen LogP contribution in [0.25, 0.3) is 0 Å². The molecule has 1 heterocycles. The molecule has 9 nitrogen and oxygen atoms in total. The highest BCUT2D eigenvalue weighted by atomic mass is 32.1. The maximum atomic E-state index is 12.8. The Morgan fingerprint density at radius 2 is 1.60 bits per heavy atom. The van der Waals surface area contributed by atoms with Gasteiger partial charge in [-0.1, -0.05) is 64.7 Å². The zero-order valence-electron chi connectivity index (χ0n) is 24.2. The van der Waals surface area contributed by atoms with Gasteiger partial charge in [0.05, 0.1) is 19.6 Å². The lowest BCUT2D eigenvalue weighted by atomic mass is 10.1. The Labute approximate surface area is 244 Å².